The molecule has 0 atom stereocenters. The fourth-order valence-corrected chi connectivity index (χ4v) is 2.62. The van der Waals surface area contributed by atoms with Crippen LogP contribution in [0.3, 0.4) is 0 Å². The molecule has 0 fully saturated rings. The average molecular weight is 333 g/mol. The van der Waals surface area contributed by atoms with Gasteiger partial charge in [0.1, 0.15) is 5.56 Å². The number of carbonyl (C=O) groups excluding carboxylic acids is 1. The van der Waals surface area contributed by atoms with Gasteiger partial charge in [0.15, 0.2) is 0 Å². The number of carbonyl (C=O) groups is 1. The number of amides is 1. The van der Waals surface area contributed by atoms with E-state index in [1.165, 1.54) is 0 Å². The number of hydrogen-bond acceptors (Lipinski definition) is 3. The maximum Gasteiger partial charge on any atom is 0.263 e. The van der Waals surface area contributed by atoms with Crippen molar-refractivity contribution in [3.05, 3.63) is 93.7 Å². The van der Waals surface area contributed by atoms with Crippen molar-refractivity contribution in [2.24, 2.45) is 0 Å². The van der Waals surface area contributed by atoms with Crippen LogP contribution in [-0.2, 0) is 6.54 Å². The summed E-state index contributed by atoms with van der Waals surface area (Å²) in [5.74, 6) is -0.425. The lowest BCUT2D eigenvalue weighted by Crippen LogP contribution is -2.29. The molecule has 0 radical (unpaired) electrons. The smallest absolute Gasteiger partial charge is 0.263 e. The summed E-state index contributed by atoms with van der Waals surface area (Å²) < 4.78 is 1.56. The number of nitrogens with zero attached hydrogens (tertiary/aromatic N) is 2. The topological polar surface area (TPSA) is 64.0 Å². The Bertz CT molecular complexity index is 962. The van der Waals surface area contributed by atoms with Crippen LogP contribution in [0, 0.1) is 13.8 Å². The summed E-state index contributed by atoms with van der Waals surface area (Å²) in [6, 6.07) is 12.7. The van der Waals surface area contributed by atoms with Crippen LogP contribution in [0.2, 0.25) is 0 Å². The first-order valence-corrected chi connectivity index (χ1v) is 8.01. The highest BCUT2D eigenvalue weighted by Gasteiger charge is 2.13. The zero-order valence-corrected chi connectivity index (χ0v) is 14.2. The first kappa shape index (κ1) is 16.6. The quantitative estimate of drug-likeness (QED) is 0.798. The maximum atomic E-state index is 12.7. The van der Waals surface area contributed by atoms with Crippen LogP contribution in [0.1, 0.15) is 27.0 Å². The Kier molecular flexibility index (Phi) is 4.75. The molecule has 2 heterocycles. The Morgan fingerprint density at radius 3 is 2.64 bits per heavy atom. The number of anilines is 1. The number of rotatable bonds is 4. The largest absolute Gasteiger partial charge is 0.322 e. The predicted molar refractivity (Wildman–Crippen MR) is 97.9 cm³/mol. The molecule has 0 aliphatic carbocycles. The van der Waals surface area contributed by atoms with Gasteiger partial charge in [-0.15, -0.1) is 0 Å². The lowest BCUT2D eigenvalue weighted by atomic mass is 10.1. The fraction of sp³-hybridized carbons (Fsp3) is 0.150. The van der Waals surface area contributed by atoms with Gasteiger partial charge in [-0.2, -0.15) is 0 Å². The van der Waals surface area contributed by atoms with Crippen molar-refractivity contribution in [1.82, 2.24) is 9.55 Å². The Balaban J connectivity index is 1.88. The van der Waals surface area contributed by atoms with Crippen LogP contribution < -0.4 is 10.9 Å². The number of nitrogens with one attached hydrogen (secondary N) is 1. The second-order valence-corrected chi connectivity index (χ2v) is 5.97. The number of pyridine rings is 2. The van der Waals surface area contributed by atoms with Crippen LogP contribution in [0.4, 0.5) is 5.69 Å². The molecule has 5 nitrogen and oxygen atoms in total. The summed E-state index contributed by atoms with van der Waals surface area (Å²) in [6.45, 7) is 4.47. The van der Waals surface area contributed by atoms with Gasteiger partial charge in [-0.1, -0.05) is 23.8 Å². The van der Waals surface area contributed by atoms with E-state index in [1.807, 2.05) is 26.0 Å². The zero-order valence-electron chi connectivity index (χ0n) is 14.2. The van der Waals surface area contributed by atoms with Gasteiger partial charge in [0.2, 0.25) is 0 Å². The Morgan fingerprint density at radius 1 is 1.12 bits per heavy atom. The molecule has 5 heteroatoms. The average Bonchev–Trinajstić information content (AvgIpc) is 2.60. The van der Waals surface area contributed by atoms with E-state index in [1.54, 1.807) is 47.4 Å². The molecule has 0 unspecified atom stereocenters. The van der Waals surface area contributed by atoms with Crippen LogP contribution in [-0.4, -0.2) is 15.5 Å². The maximum absolute atomic E-state index is 12.7. The SMILES string of the molecule is Cc1ccc(C)c(Cn2cccc(C(=O)Nc3ccncc3)c2=O)c1. The normalized spacial score (nSPS) is 10.5. The van der Waals surface area contributed by atoms with Crippen molar-refractivity contribution in [2.75, 3.05) is 5.32 Å². The van der Waals surface area contributed by atoms with E-state index in [0.29, 0.717) is 12.2 Å². The number of aromatic nitrogens is 2. The molecule has 1 aromatic carbocycles. The van der Waals surface area contributed by atoms with Crippen molar-refractivity contribution in [3.8, 4) is 0 Å². The molecule has 2 aromatic heterocycles. The van der Waals surface area contributed by atoms with Crippen molar-refractivity contribution < 1.29 is 4.79 Å². The van der Waals surface area contributed by atoms with Gasteiger partial charge < -0.3 is 9.88 Å². The van der Waals surface area contributed by atoms with Crippen LogP contribution >= 0.6 is 0 Å². The molecule has 0 saturated heterocycles. The first-order chi connectivity index (χ1) is 12.0. The van der Waals surface area contributed by atoms with E-state index in [9.17, 15) is 9.59 Å². The van der Waals surface area contributed by atoms with E-state index in [2.05, 4.69) is 16.4 Å². The van der Waals surface area contributed by atoms with Crippen LogP contribution in [0.25, 0.3) is 0 Å². The lowest BCUT2D eigenvalue weighted by Gasteiger charge is -2.11. The van der Waals surface area contributed by atoms with Gasteiger partial charge in [-0.05, 0) is 49.2 Å². The van der Waals surface area contributed by atoms with Crippen molar-refractivity contribution >= 4 is 11.6 Å². The minimum absolute atomic E-state index is 0.115. The predicted octanol–water partition coefficient (Wildman–Crippen LogP) is 3.16. The van der Waals surface area contributed by atoms with Gasteiger partial charge in [0.25, 0.3) is 11.5 Å². The zero-order chi connectivity index (χ0) is 17.8. The highest BCUT2D eigenvalue weighted by molar-refractivity contribution is 6.03. The summed E-state index contributed by atoms with van der Waals surface area (Å²) in [7, 11) is 0. The fourth-order valence-electron chi connectivity index (χ4n) is 2.62. The molecule has 3 rings (SSSR count). The Labute approximate surface area is 146 Å². The van der Waals surface area contributed by atoms with Gasteiger partial charge in [-0.25, -0.2) is 0 Å². The monoisotopic (exact) mass is 333 g/mol. The standard InChI is InChI=1S/C20H19N3O2/c1-14-5-6-15(2)16(12-14)13-23-11-3-4-18(20(23)25)19(24)22-17-7-9-21-10-8-17/h3-12H,13H2,1-2H3,(H,21,22,24). The van der Waals surface area contributed by atoms with Crippen LogP contribution in [0.15, 0.2) is 65.8 Å². The number of hydrogen-bond donors (Lipinski definition) is 1. The molecule has 1 N–H and O–H groups in total. The molecule has 0 aliphatic rings. The van der Waals surface area contributed by atoms with E-state index in [4.69, 9.17) is 0 Å². The van der Waals surface area contributed by atoms with E-state index >= 15 is 0 Å². The molecular formula is C20H19N3O2. The van der Waals surface area contributed by atoms with Crippen molar-refractivity contribution in [1.29, 1.82) is 0 Å². The van der Waals surface area contributed by atoms with Gasteiger partial charge in [0, 0.05) is 24.3 Å². The second kappa shape index (κ2) is 7.13. The molecular weight excluding hydrogens is 314 g/mol. The molecule has 0 bridgehead atoms. The minimum Gasteiger partial charge on any atom is -0.322 e. The van der Waals surface area contributed by atoms with Crippen molar-refractivity contribution in [2.45, 2.75) is 20.4 Å². The van der Waals surface area contributed by atoms with Gasteiger partial charge in [-0.3, -0.25) is 14.6 Å². The second-order valence-electron chi connectivity index (χ2n) is 5.97. The summed E-state index contributed by atoms with van der Waals surface area (Å²) >= 11 is 0. The Hall–Kier alpha value is -3.21. The third-order valence-electron chi connectivity index (χ3n) is 4.05. The summed E-state index contributed by atoms with van der Waals surface area (Å²) in [5.41, 5.74) is 3.72. The van der Waals surface area contributed by atoms with E-state index < -0.39 is 5.91 Å². The highest BCUT2D eigenvalue weighted by Crippen LogP contribution is 2.12. The Morgan fingerprint density at radius 2 is 1.88 bits per heavy atom. The summed E-state index contributed by atoms with van der Waals surface area (Å²) in [6.07, 6.45) is 4.87. The molecule has 0 spiro atoms. The minimum atomic E-state index is -0.425. The highest BCUT2D eigenvalue weighted by atomic mass is 16.2. The number of benzene rings is 1. The molecule has 0 aliphatic heterocycles. The van der Waals surface area contributed by atoms with Gasteiger partial charge >= 0.3 is 0 Å². The molecule has 1 amide bonds. The number of aryl methyl sites for hydroxylation is 2. The summed E-state index contributed by atoms with van der Waals surface area (Å²) in [5, 5.41) is 2.72. The molecule has 126 valence electrons. The van der Waals surface area contributed by atoms with E-state index in [-0.39, 0.29) is 11.1 Å². The van der Waals surface area contributed by atoms with E-state index in [0.717, 1.165) is 16.7 Å². The first-order valence-electron chi connectivity index (χ1n) is 8.01. The molecule has 25 heavy (non-hydrogen) atoms. The van der Waals surface area contributed by atoms with Crippen LogP contribution in [0.5, 0.6) is 0 Å². The molecule has 3 aromatic rings. The lowest BCUT2D eigenvalue weighted by molar-refractivity contribution is 0.102. The third-order valence-corrected chi connectivity index (χ3v) is 4.05. The van der Waals surface area contributed by atoms with Gasteiger partial charge in [0.05, 0.1) is 6.54 Å². The molecule has 0 saturated carbocycles. The summed E-state index contributed by atoms with van der Waals surface area (Å²) in [4.78, 5) is 29.0. The van der Waals surface area contributed by atoms with Crippen molar-refractivity contribution in [3.63, 3.8) is 0 Å². The third kappa shape index (κ3) is 3.83.